The predicted octanol–water partition coefficient (Wildman–Crippen LogP) is 4.25. The van der Waals surface area contributed by atoms with Crippen LogP contribution in [0.4, 0.5) is 4.79 Å². The molecule has 29 heavy (non-hydrogen) atoms. The second kappa shape index (κ2) is 8.01. The third-order valence-corrected chi connectivity index (χ3v) is 4.98. The number of phenolic OH excluding ortho intramolecular Hbond substituents is 1. The molecule has 1 fully saturated rings. The van der Waals surface area contributed by atoms with Gasteiger partial charge in [-0.3, -0.25) is 19.8 Å². The number of aromatic hydroxyl groups is 1. The normalized spacial score (nSPS) is 17.1. The van der Waals surface area contributed by atoms with Gasteiger partial charge in [-0.2, -0.15) is 0 Å². The van der Waals surface area contributed by atoms with Crippen molar-refractivity contribution in [1.82, 2.24) is 10.2 Å². The topological polar surface area (TPSA) is 86.7 Å². The van der Waals surface area contributed by atoms with E-state index in [1.165, 1.54) is 6.08 Å². The minimum absolute atomic E-state index is 0.0777. The third kappa shape index (κ3) is 4.86. The summed E-state index contributed by atoms with van der Waals surface area (Å²) in [5.41, 5.74) is 1.37. The lowest BCUT2D eigenvalue weighted by Gasteiger charge is -2.28. The number of carbonyl (C=O) groups excluding carboxylic acids is 3. The second-order valence-electron chi connectivity index (χ2n) is 9.59. The van der Waals surface area contributed by atoms with Crippen molar-refractivity contribution in [1.29, 1.82) is 0 Å². The van der Waals surface area contributed by atoms with E-state index >= 15 is 0 Å². The second-order valence-corrected chi connectivity index (χ2v) is 9.59. The van der Waals surface area contributed by atoms with Crippen LogP contribution in [-0.4, -0.2) is 34.4 Å². The number of barbiturate groups is 1. The number of nitrogens with zero attached hydrogens (tertiary/aromatic N) is 1. The Bertz CT molecular complexity index is 835. The van der Waals surface area contributed by atoms with Crippen LogP contribution in [0.25, 0.3) is 6.08 Å². The standard InChI is InChI=1S/C23H32N2O4/c1-8-9-10-25-20(28)15(19(27)24-21(25)29)11-14-12-16(22(2,3)4)18(26)17(13-14)23(5,6)7/h11-13,26H,8-10H2,1-7H3,(H,24,27,29)/b15-11+. The molecule has 0 saturated carbocycles. The van der Waals surface area contributed by atoms with E-state index in [1.807, 2.05) is 48.5 Å². The molecule has 1 aromatic rings. The van der Waals surface area contributed by atoms with Gasteiger partial charge in [-0.25, -0.2) is 4.79 Å². The van der Waals surface area contributed by atoms with Crippen molar-refractivity contribution in [3.63, 3.8) is 0 Å². The third-order valence-electron chi connectivity index (χ3n) is 4.98. The zero-order chi connectivity index (χ0) is 22.1. The van der Waals surface area contributed by atoms with E-state index < -0.39 is 17.8 Å². The van der Waals surface area contributed by atoms with Crippen molar-refractivity contribution in [3.05, 3.63) is 34.4 Å². The minimum atomic E-state index is -0.699. The molecule has 1 aliphatic rings. The van der Waals surface area contributed by atoms with Gasteiger partial charge in [0.05, 0.1) is 0 Å². The molecular formula is C23H32N2O4. The van der Waals surface area contributed by atoms with E-state index in [-0.39, 0.29) is 28.7 Å². The van der Waals surface area contributed by atoms with Crippen LogP contribution in [0.5, 0.6) is 5.75 Å². The maximum absolute atomic E-state index is 12.8. The van der Waals surface area contributed by atoms with Gasteiger partial charge >= 0.3 is 6.03 Å². The first-order chi connectivity index (χ1) is 13.3. The van der Waals surface area contributed by atoms with Crippen LogP contribution in [0.3, 0.4) is 0 Å². The maximum Gasteiger partial charge on any atom is 0.331 e. The van der Waals surface area contributed by atoms with Gasteiger partial charge in [0.25, 0.3) is 11.8 Å². The molecule has 0 aromatic heterocycles. The number of imide groups is 2. The summed E-state index contributed by atoms with van der Waals surface area (Å²) in [5, 5.41) is 13.1. The van der Waals surface area contributed by atoms with Gasteiger partial charge in [-0.05, 0) is 41.0 Å². The molecule has 0 atom stereocenters. The summed E-state index contributed by atoms with van der Waals surface area (Å²) >= 11 is 0. The van der Waals surface area contributed by atoms with Gasteiger partial charge in [0.15, 0.2) is 0 Å². The van der Waals surface area contributed by atoms with Crippen LogP contribution in [0.2, 0.25) is 0 Å². The van der Waals surface area contributed by atoms with Crippen LogP contribution < -0.4 is 5.32 Å². The van der Waals surface area contributed by atoms with Crippen LogP contribution in [-0.2, 0) is 20.4 Å². The highest BCUT2D eigenvalue weighted by Gasteiger charge is 2.35. The van der Waals surface area contributed by atoms with Crippen LogP contribution in [0.15, 0.2) is 17.7 Å². The smallest absolute Gasteiger partial charge is 0.331 e. The molecule has 6 nitrogen and oxygen atoms in total. The Kier molecular flexibility index (Phi) is 6.26. The highest BCUT2D eigenvalue weighted by atomic mass is 16.3. The Morgan fingerprint density at radius 1 is 1.00 bits per heavy atom. The number of hydrogen-bond acceptors (Lipinski definition) is 4. The number of unbranched alkanes of at least 4 members (excludes halogenated alkanes) is 1. The van der Waals surface area contributed by atoms with Gasteiger partial charge in [-0.1, -0.05) is 54.9 Å². The van der Waals surface area contributed by atoms with Crippen molar-refractivity contribution >= 4 is 23.9 Å². The number of amides is 4. The zero-order valence-corrected chi connectivity index (χ0v) is 18.5. The van der Waals surface area contributed by atoms with Gasteiger partial charge < -0.3 is 5.11 Å². The van der Waals surface area contributed by atoms with Crippen molar-refractivity contribution in [2.45, 2.75) is 72.1 Å². The first-order valence-corrected chi connectivity index (χ1v) is 10.0. The molecule has 4 amide bonds. The lowest BCUT2D eigenvalue weighted by Crippen LogP contribution is -2.54. The molecule has 0 aliphatic carbocycles. The SMILES string of the molecule is CCCCN1C(=O)NC(=O)/C(=C\c2cc(C(C)(C)C)c(O)c(C(C)(C)C)c2)C1=O. The molecular weight excluding hydrogens is 368 g/mol. The first-order valence-electron chi connectivity index (χ1n) is 10.0. The van der Waals surface area contributed by atoms with Crippen molar-refractivity contribution in [3.8, 4) is 5.75 Å². The summed E-state index contributed by atoms with van der Waals surface area (Å²) < 4.78 is 0. The fraction of sp³-hybridized carbons (Fsp3) is 0.522. The van der Waals surface area contributed by atoms with Crippen LogP contribution in [0, 0.1) is 0 Å². The van der Waals surface area contributed by atoms with Gasteiger partial charge in [0, 0.05) is 17.7 Å². The van der Waals surface area contributed by atoms with Crippen molar-refractivity contribution in [2.75, 3.05) is 6.54 Å². The summed E-state index contributed by atoms with van der Waals surface area (Å²) in [7, 11) is 0. The molecule has 0 unspecified atom stereocenters. The lowest BCUT2D eigenvalue weighted by molar-refractivity contribution is -0.130. The summed E-state index contributed by atoms with van der Waals surface area (Å²) in [6.07, 6.45) is 3.00. The minimum Gasteiger partial charge on any atom is -0.507 e. The number of hydrogen-bond donors (Lipinski definition) is 2. The monoisotopic (exact) mass is 400 g/mol. The Hall–Kier alpha value is -2.63. The van der Waals surface area contributed by atoms with Crippen LogP contribution >= 0.6 is 0 Å². The van der Waals surface area contributed by atoms with Crippen LogP contribution in [0.1, 0.15) is 78.0 Å². The molecule has 0 bridgehead atoms. The highest BCUT2D eigenvalue weighted by Crippen LogP contribution is 2.40. The molecule has 158 valence electrons. The molecule has 1 aromatic carbocycles. The number of carbonyl (C=O) groups is 3. The van der Waals surface area contributed by atoms with Gasteiger partial charge in [0.2, 0.25) is 0 Å². The van der Waals surface area contributed by atoms with Gasteiger partial charge in [0.1, 0.15) is 11.3 Å². The summed E-state index contributed by atoms with van der Waals surface area (Å²) in [4.78, 5) is 38.3. The Morgan fingerprint density at radius 3 is 1.97 bits per heavy atom. The lowest BCUT2D eigenvalue weighted by atomic mass is 9.78. The summed E-state index contributed by atoms with van der Waals surface area (Å²) in [6.45, 7) is 14.2. The predicted molar refractivity (Wildman–Crippen MR) is 114 cm³/mol. The molecule has 1 aliphatic heterocycles. The molecule has 2 rings (SSSR count). The van der Waals surface area contributed by atoms with E-state index in [0.717, 1.165) is 22.4 Å². The molecule has 1 heterocycles. The quantitative estimate of drug-likeness (QED) is 0.584. The summed E-state index contributed by atoms with van der Waals surface area (Å²) in [6, 6.07) is 2.91. The molecule has 0 radical (unpaired) electrons. The average Bonchev–Trinajstić information content (AvgIpc) is 2.57. The van der Waals surface area contributed by atoms with E-state index in [2.05, 4.69) is 5.32 Å². The summed E-state index contributed by atoms with van der Waals surface area (Å²) in [5.74, 6) is -1.06. The largest absolute Gasteiger partial charge is 0.507 e. The molecule has 1 saturated heterocycles. The Morgan fingerprint density at radius 2 is 1.52 bits per heavy atom. The highest BCUT2D eigenvalue weighted by molar-refractivity contribution is 6.31. The fourth-order valence-corrected chi connectivity index (χ4v) is 3.26. The van der Waals surface area contributed by atoms with Crippen molar-refractivity contribution < 1.29 is 19.5 Å². The van der Waals surface area contributed by atoms with E-state index in [0.29, 0.717) is 12.0 Å². The van der Waals surface area contributed by atoms with Gasteiger partial charge in [-0.15, -0.1) is 0 Å². The first kappa shape index (κ1) is 22.7. The number of benzene rings is 1. The zero-order valence-electron chi connectivity index (χ0n) is 18.5. The number of rotatable bonds is 4. The maximum atomic E-state index is 12.8. The molecule has 0 spiro atoms. The van der Waals surface area contributed by atoms with E-state index in [4.69, 9.17) is 0 Å². The van der Waals surface area contributed by atoms with E-state index in [1.54, 1.807) is 12.1 Å². The molecule has 2 N–H and O–H groups in total. The number of urea groups is 1. The number of phenols is 1. The Labute approximate surface area is 173 Å². The van der Waals surface area contributed by atoms with E-state index in [9.17, 15) is 19.5 Å². The Balaban J connectivity index is 2.61. The average molecular weight is 401 g/mol. The fourth-order valence-electron chi connectivity index (χ4n) is 3.26. The molecule has 6 heteroatoms. The van der Waals surface area contributed by atoms with Crippen molar-refractivity contribution in [2.24, 2.45) is 0 Å². The number of nitrogens with one attached hydrogen (secondary N) is 1.